The molecule has 2 aromatic carbocycles. The lowest BCUT2D eigenvalue weighted by Gasteiger charge is -2.28. The van der Waals surface area contributed by atoms with Crippen molar-refractivity contribution in [3.8, 4) is 0 Å². The zero-order valence-corrected chi connectivity index (χ0v) is 18.9. The van der Waals surface area contributed by atoms with Crippen LogP contribution in [0.2, 0.25) is 0 Å². The van der Waals surface area contributed by atoms with Crippen LogP contribution in [-0.2, 0) is 22.7 Å². The Bertz CT molecular complexity index is 1050. The maximum Gasteiger partial charge on any atom is 0.242 e. The highest BCUT2D eigenvalue weighted by atomic mass is 32.1. The minimum atomic E-state index is 0.0191. The average molecular weight is 445 g/mol. The van der Waals surface area contributed by atoms with Gasteiger partial charge in [0.15, 0.2) is 0 Å². The van der Waals surface area contributed by atoms with Gasteiger partial charge in [-0.05, 0) is 47.8 Å². The smallest absolute Gasteiger partial charge is 0.242 e. The van der Waals surface area contributed by atoms with E-state index in [1.165, 1.54) is 5.56 Å². The molecule has 0 spiro atoms. The standard InChI is InChI=1S/C27H28N2O2S/c30-26(28(18-23-12-7-15-32-23)17-20-8-3-1-4-9-20)19-29(22-13-14-22)27(31)25-16-24(25)21-10-5-2-6-11-21/h1-12,15,22,24-25H,13-14,16-19H2. The van der Waals surface area contributed by atoms with Crippen LogP contribution in [0.3, 0.4) is 0 Å². The molecule has 5 heteroatoms. The maximum atomic E-state index is 13.5. The van der Waals surface area contributed by atoms with E-state index in [0.29, 0.717) is 19.0 Å². The van der Waals surface area contributed by atoms with Crippen LogP contribution >= 0.6 is 11.3 Å². The van der Waals surface area contributed by atoms with Crippen molar-refractivity contribution in [2.24, 2.45) is 5.92 Å². The van der Waals surface area contributed by atoms with E-state index in [1.54, 1.807) is 11.3 Å². The molecule has 0 saturated heterocycles. The van der Waals surface area contributed by atoms with Crippen molar-refractivity contribution in [1.29, 1.82) is 0 Å². The largest absolute Gasteiger partial charge is 0.332 e. The Morgan fingerprint density at radius 3 is 2.25 bits per heavy atom. The molecule has 2 fully saturated rings. The van der Waals surface area contributed by atoms with E-state index in [9.17, 15) is 9.59 Å². The second-order valence-corrected chi connectivity index (χ2v) is 9.90. The number of rotatable bonds is 9. The molecule has 0 radical (unpaired) electrons. The summed E-state index contributed by atoms with van der Waals surface area (Å²) in [7, 11) is 0. The van der Waals surface area contributed by atoms with Crippen molar-refractivity contribution >= 4 is 23.2 Å². The molecule has 1 heterocycles. The molecule has 0 bridgehead atoms. The fourth-order valence-corrected chi connectivity index (χ4v) is 5.11. The van der Waals surface area contributed by atoms with Crippen LogP contribution in [0.15, 0.2) is 78.2 Å². The van der Waals surface area contributed by atoms with E-state index in [1.807, 2.05) is 69.8 Å². The first kappa shape index (κ1) is 21.0. The van der Waals surface area contributed by atoms with E-state index in [4.69, 9.17) is 0 Å². The van der Waals surface area contributed by atoms with Crippen LogP contribution in [0.1, 0.15) is 41.2 Å². The van der Waals surface area contributed by atoms with E-state index < -0.39 is 0 Å². The van der Waals surface area contributed by atoms with Gasteiger partial charge in [0.25, 0.3) is 0 Å². The van der Waals surface area contributed by atoms with Gasteiger partial charge in [-0.15, -0.1) is 11.3 Å². The van der Waals surface area contributed by atoms with Gasteiger partial charge in [-0.2, -0.15) is 0 Å². The van der Waals surface area contributed by atoms with Crippen molar-refractivity contribution in [2.75, 3.05) is 6.54 Å². The zero-order chi connectivity index (χ0) is 21.9. The Labute approximate surface area is 193 Å². The number of nitrogens with zero attached hydrogens (tertiary/aromatic N) is 2. The summed E-state index contributed by atoms with van der Waals surface area (Å²) in [5, 5.41) is 2.04. The number of carbonyl (C=O) groups is 2. The topological polar surface area (TPSA) is 40.6 Å². The quantitative estimate of drug-likeness (QED) is 0.462. The molecule has 164 valence electrons. The molecule has 2 aliphatic rings. The average Bonchev–Trinajstić information content (AvgIpc) is 3.76. The molecule has 3 aromatic rings. The van der Waals surface area contributed by atoms with E-state index in [2.05, 4.69) is 18.2 Å². The van der Waals surface area contributed by atoms with Gasteiger partial charge in [0.05, 0.1) is 6.54 Å². The Hall–Kier alpha value is -2.92. The van der Waals surface area contributed by atoms with Gasteiger partial charge in [0, 0.05) is 23.4 Å². The molecule has 4 nitrogen and oxygen atoms in total. The molecule has 2 atom stereocenters. The first-order valence-electron chi connectivity index (χ1n) is 11.4. The first-order chi connectivity index (χ1) is 15.7. The lowest BCUT2D eigenvalue weighted by Crippen LogP contribution is -2.44. The molecular formula is C27H28N2O2S. The Kier molecular flexibility index (Phi) is 6.08. The Morgan fingerprint density at radius 1 is 0.875 bits per heavy atom. The second-order valence-electron chi connectivity index (χ2n) is 8.87. The van der Waals surface area contributed by atoms with E-state index in [0.717, 1.165) is 29.7 Å². The van der Waals surface area contributed by atoms with Crippen LogP contribution in [-0.4, -0.2) is 34.2 Å². The van der Waals surface area contributed by atoms with Gasteiger partial charge in [-0.1, -0.05) is 66.7 Å². The van der Waals surface area contributed by atoms with Gasteiger partial charge >= 0.3 is 0 Å². The minimum Gasteiger partial charge on any atom is -0.332 e. The Morgan fingerprint density at radius 2 is 1.59 bits per heavy atom. The fraction of sp³-hybridized carbons (Fsp3) is 0.333. The number of benzene rings is 2. The third-order valence-corrected chi connectivity index (χ3v) is 7.27. The van der Waals surface area contributed by atoms with Crippen molar-refractivity contribution in [3.63, 3.8) is 0 Å². The van der Waals surface area contributed by atoms with Gasteiger partial charge < -0.3 is 9.80 Å². The number of amides is 2. The van der Waals surface area contributed by atoms with Crippen molar-refractivity contribution in [1.82, 2.24) is 9.80 Å². The summed E-state index contributed by atoms with van der Waals surface area (Å²) >= 11 is 1.66. The number of carbonyl (C=O) groups excluding carboxylic acids is 2. The number of hydrogen-bond acceptors (Lipinski definition) is 3. The predicted octanol–water partition coefficient (Wildman–Crippen LogP) is 5.07. The lowest BCUT2D eigenvalue weighted by molar-refractivity contribution is -0.142. The van der Waals surface area contributed by atoms with Crippen molar-refractivity contribution in [3.05, 3.63) is 94.2 Å². The molecule has 0 N–H and O–H groups in total. The molecular weight excluding hydrogens is 416 g/mol. The third kappa shape index (κ3) is 4.94. The van der Waals surface area contributed by atoms with Crippen molar-refractivity contribution in [2.45, 2.75) is 44.3 Å². The molecule has 32 heavy (non-hydrogen) atoms. The maximum absolute atomic E-state index is 13.5. The van der Waals surface area contributed by atoms with Gasteiger partial charge in [-0.3, -0.25) is 9.59 Å². The fourth-order valence-electron chi connectivity index (χ4n) is 4.40. The predicted molar refractivity (Wildman–Crippen MR) is 127 cm³/mol. The summed E-state index contributed by atoms with van der Waals surface area (Å²) in [5.41, 5.74) is 2.34. The van der Waals surface area contributed by atoms with Crippen LogP contribution in [0.25, 0.3) is 0 Å². The molecule has 0 aliphatic heterocycles. The molecule has 2 unspecified atom stereocenters. The molecule has 2 aliphatic carbocycles. The highest BCUT2D eigenvalue weighted by molar-refractivity contribution is 7.09. The second kappa shape index (κ2) is 9.29. The van der Waals surface area contributed by atoms with Crippen LogP contribution in [0.4, 0.5) is 0 Å². The lowest BCUT2D eigenvalue weighted by atomic mass is 10.1. The summed E-state index contributed by atoms with van der Waals surface area (Å²) in [6.07, 6.45) is 2.90. The molecule has 2 amide bonds. The number of hydrogen-bond donors (Lipinski definition) is 0. The molecule has 1 aromatic heterocycles. The monoisotopic (exact) mass is 444 g/mol. The highest BCUT2D eigenvalue weighted by Crippen LogP contribution is 2.49. The highest BCUT2D eigenvalue weighted by Gasteiger charge is 2.48. The van der Waals surface area contributed by atoms with E-state index >= 15 is 0 Å². The summed E-state index contributed by atoms with van der Waals surface area (Å²) < 4.78 is 0. The summed E-state index contributed by atoms with van der Waals surface area (Å²) in [4.78, 5) is 31.7. The van der Waals surface area contributed by atoms with Crippen molar-refractivity contribution < 1.29 is 9.59 Å². The normalized spacial score (nSPS) is 19.4. The molecule has 2 saturated carbocycles. The van der Waals surface area contributed by atoms with Crippen LogP contribution in [0.5, 0.6) is 0 Å². The summed E-state index contributed by atoms with van der Waals surface area (Å²) in [5.74, 6) is 0.502. The number of thiophene rings is 1. The van der Waals surface area contributed by atoms with Gasteiger partial charge in [0.2, 0.25) is 11.8 Å². The Balaban J connectivity index is 1.28. The molecule has 5 rings (SSSR count). The summed E-state index contributed by atoms with van der Waals surface area (Å²) in [6, 6.07) is 24.7. The zero-order valence-electron chi connectivity index (χ0n) is 18.1. The van der Waals surface area contributed by atoms with Gasteiger partial charge in [-0.25, -0.2) is 0 Å². The summed E-state index contributed by atoms with van der Waals surface area (Å²) in [6.45, 7) is 1.31. The van der Waals surface area contributed by atoms with Crippen LogP contribution < -0.4 is 0 Å². The van der Waals surface area contributed by atoms with E-state index in [-0.39, 0.29) is 30.3 Å². The first-order valence-corrected chi connectivity index (χ1v) is 12.3. The SMILES string of the molecule is O=C(CN(C(=O)C1CC1c1ccccc1)C1CC1)N(Cc1ccccc1)Cc1cccs1. The minimum absolute atomic E-state index is 0.0191. The third-order valence-electron chi connectivity index (χ3n) is 6.41. The van der Waals surface area contributed by atoms with Gasteiger partial charge in [0.1, 0.15) is 6.54 Å². The van der Waals surface area contributed by atoms with Crippen LogP contribution in [0, 0.1) is 5.92 Å².